The Morgan fingerprint density at radius 2 is 1.74 bits per heavy atom. The van der Waals surface area contributed by atoms with Crippen molar-refractivity contribution in [2.75, 3.05) is 44.5 Å². The molecule has 1 atom stereocenters. The molecule has 3 aliphatic heterocycles. The second-order valence-corrected chi connectivity index (χ2v) is 9.44. The van der Waals surface area contributed by atoms with E-state index < -0.39 is 9.84 Å². The zero-order valence-corrected chi connectivity index (χ0v) is 15.7. The zero-order chi connectivity index (χ0) is 19.0. The summed E-state index contributed by atoms with van der Waals surface area (Å²) in [6.45, 7) is 2.02. The van der Waals surface area contributed by atoms with Crippen molar-refractivity contribution in [3.8, 4) is 11.5 Å². The average Bonchev–Trinajstić information content (AvgIpc) is 3.26. The molecular formula is C18H22N2O6S. The molecule has 3 heterocycles. The summed E-state index contributed by atoms with van der Waals surface area (Å²) in [5.41, 5.74) is 0.537. The van der Waals surface area contributed by atoms with Crippen molar-refractivity contribution >= 4 is 21.7 Å². The summed E-state index contributed by atoms with van der Waals surface area (Å²) >= 11 is 0. The number of hydrogen-bond donors (Lipinski definition) is 0. The van der Waals surface area contributed by atoms with Crippen molar-refractivity contribution in [2.24, 2.45) is 5.92 Å². The van der Waals surface area contributed by atoms with Crippen LogP contribution in [0.3, 0.4) is 0 Å². The molecule has 0 spiro atoms. The van der Waals surface area contributed by atoms with Gasteiger partial charge in [0.2, 0.25) is 12.7 Å². The zero-order valence-electron chi connectivity index (χ0n) is 14.9. The minimum Gasteiger partial charge on any atom is -0.454 e. The molecule has 8 nitrogen and oxygen atoms in total. The van der Waals surface area contributed by atoms with Crippen LogP contribution in [0.4, 0.5) is 0 Å². The van der Waals surface area contributed by atoms with E-state index in [4.69, 9.17) is 9.47 Å². The van der Waals surface area contributed by atoms with Crippen molar-refractivity contribution in [3.05, 3.63) is 23.8 Å². The highest BCUT2D eigenvalue weighted by molar-refractivity contribution is 7.91. The third-order valence-electron chi connectivity index (χ3n) is 5.33. The van der Waals surface area contributed by atoms with E-state index in [9.17, 15) is 18.0 Å². The number of carbonyl (C=O) groups is 2. The Morgan fingerprint density at radius 1 is 1.04 bits per heavy atom. The first-order chi connectivity index (χ1) is 12.9. The number of fused-ring (bicyclic) bond motifs is 1. The van der Waals surface area contributed by atoms with Gasteiger partial charge < -0.3 is 19.3 Å². The number of benzene rings is 1. The Hall–Kier alpha value is -2.29. The summed E-state index contributed by atoms with van der Waals surface area (Å²) in [4.78, 5) is 28.6. The van der Waals surface area contributed by atoms with Crippen LogP contribution in [-0.4, -0.2) is 74.5 Å². The number of sulfone groups is 1. The predicted octanol–water partition coefficient (Wildman–Crippen LogP) is 0.524. The van der Waals surface area contributed by atoms with Crippen molar-refractivity contribution < 1.29 is 27.5 Å². The number of carbonyl (C=O) groups excluding carboxylic acids is 2. The molecule has 1 unspecified atom stereocenters. The third kappa shape index (κ3) is 3.87. The van der Waals surface area contributed by atoms with Gasteiger partial charge in [0.1, 0.15) is 0 Å². The molecular weight excluding hydrogens is 372 g/mol. The molecule has 2 saturated heterocycles. The molecule has 0 N–H and O–H groups in total. The second kappa shape index (κ2) is 7.03. The van der Waals surface area contributed by atoms with Crippen LogP contribution >= 0.6 is 0 Å². The normalized spacial score (nSPS) is 23.5. The number of amides is 2. The van der Waals surface area contributed by atoms with Crippen molar-refractivity contribution in [2.45, 2.75) is 12.8 Å². The van der Waals surface area contributed by atoms with Crippen molar-refractivity contribution in [1.82, 2.24) is 9.80 Å². The molecule has 0 aromatic heterocycles. The van der Waals surface area contributed by atoms with Gasteiger partial charge in [-0.05, 0) is 30.5 Å². The number of ether oxygens (including phenoxy) is 2. The highest BCUT2D eigenvalue weighted by atomic mass is 32.2. The van der Waals surface area contributed by atoms with E-state index in [1.165, 1.54) is 0 Å². The van der Waals surface area contributed by atoms with Gasteiger partial charge in [-0.2, -0.15) is 0 Å². The Labute approximate surface area is 157 Å². The van der Waals surface area contributed by atoms with Crippen LogP contribution in [0.1, 0.15) is 23.2 Å². The molecule has 2 amide bonds. The summed E-state index contributed by atoms with van der Waals surface area (Å²) in [7, 11) is -2.97. The Kier molecular flexibility index (Phi) is 4.71. The van der Waals surface area contributed by atoms with Gasteiger partial charge in [0.25, 0.3) is 5.91 Å². The molecule has 0 bridgehead atoms. The molecule has 3 aliphatic rings. The first-order valence-corrected chi connectivity index (χ1v) is 10.9. The summed E-state index contributed by atoms with van der Waals surface area (Å²) in [5, 5.41) is 0. The topological polar surface area (TPSA) is 93.2 Å². The molecule has 0 radical (unpaired) electrons. The number of rotatable bonds is 3. The molecule has 1 aromatic rings. The van der Waals surface area contributed by atoms with E-state index in [1.54, 1.807) is 28.0 Å². The van der Waals surface area contributed by atoms with Crippen LogP contribution in [0.25, 0.3) is 0 Å². The molecule has 0 saturated carbocycles. The highest BCUT2D eigenvalue weighted by Gasteiger charge is 2.32. The predicted molar refractivity (Wildman–Crippen MR) is 96.4 cm³/mol. The SMILES string of the molecule is O=C(CC1CCS(=O)(=O)C1)N1CCN(C(=O)c2ccc3c(c2)OCO3)CC1. The lowest BCUT2D eigenvalue weighted by Crippen LogP contribution is -2.50. The van der Waals surface area contributed by atoms with Gasteiger partial charge in [0.15, 0.2) is 21.3 Å². The quantitative estimate of drug-likeness (QED) is 0.742. The molecule has 4 rings (SSSR count). The van der Waals surface area contributed by atoms with Crippen molar-refractivity contribution in [1.29, 1.82) is 0 Å². The maximum absolute atomic E-state index is 12.7. The smallest absolute Gasteiger partial charge is 0.254 e. The lowest BCUT2D eigenvalue weighted by molar-refractivity contribution is -0.133. The maximum Gasteiger partial charge on any atom is 0.254 e. The van der Waals surface area contributed by atoms with Gasteiger partial charge in [-0.15, -0.1) is 0 Å². The average molecular weight is 394 g/mol. The van der Waals surface area contributed by atoms with Gasteiger partial charge in [0, 0.05) is 38.2 Å². The van der Waals surface area contributed by atoms with Crippen LogP contribution in [0.5, 0.6) is 11.5 Å². The molecule has 9 heteroatoms. The summed E-state index contributed by atoms with van der Waals surface area (Å²) in [6, 6.07) is 5.13. The van der Waals surface area contributed by atoms with Gasteiger partial charge >= 0.3 is 0 Å². The first kappa shape index (κ1) is 18.1. The Morgan fingerprint density at radius 3 is 2.44 bits per heavy atom. The minimum atomic E-state index is -2.97. The standard InChI is InChI=1S/C18H22N2O6S/c21-17(9-13-3-8-27(23,24)11-13)19-4-6-20(7-5-19)18(22)14-1-2-15-16(10-14)26-12-25-15/h1-2,10,13H,3-9,11-12H2. The van der Waals surface area contributed by atoms with Crippen LogP contribution < -0.4 is 9.47 Å². The fourth-order valence-electron chi connectivity index (χ4n) is 3.78. The van der Waals surface area contributed by atoms with Crippen LogP contribution in [0.2, 0.25) is 0 Å². The molecule has 146 valence electrons. The Balaban J connectivity index is 1.31. The van der Waals surface area contributed by atoms with E-state index in [2.05, 4.69) is 0 Å². The molecule has 1 aromatic carbocycles. The summed E-state index contributed by atoms with van der Waals surface area (Å²) in [5.74, 6) is 1.31. The van der Waals surface area contributed by atoms with Crippen molar-refractivity contribution in [3.63, 3.8) is 0 Å². The second-order valence-electron chi connectivity index (χ2n) is 7.21. The first-order valence-electron chi connectivity index (χ1n) is 9.08. The van der Waals surface area contributed by atoms with E-state index in [0.717, 1.165) is 0 Å². The molecule has 27 heavy (non-hydrogen) atoms. The lowest BCUT2D eigenvalue weighted by atomic mass is 10.0. The molecule has 0 aliphatic carbocycles. The largest absolute Gasteiger partial charge is 0.454 e. The van der Waals surface area contributed by atoms with E-state index >= 15 is 0 Å². The minimum absolute atomic E-state index is 0.0210. The van der Waals surface area contributed by atoms with E-state index in [-0.39, 0.29) is 42.5 Å². The van der Waals surface area contributed by atoms with Gasteiger partial charge in [0.05, 0.1) is 11.5 Å². The molecule has 2 fully saturated rings. The fourth-order valence-corrected chi connectivity index (χ4v) is 5.64. The summed E-state index contributed by atoms with van der Waals surface area (Å²) < 4.78 is 33.6. The van der Waals surface area contributed by atoms with Gasteiger partial charge in [-0.25, -0.2) is 8.42 Å². The highest BCUT2D eigenvalue weighted by Crippen LogP contribution is 2.33. The fraction of sp³-hybridized carbons (Fsp3) is 0.556. The van der Waals surface area contributed by atoms with Gasteiger partial charge in [-0.1, -0.05) is 0 Å². The monoisotopic (exact) mass is 394 g/mol. The van der Waals surface area contributed by atoms with E-state index in [0.29, 0.717) is 49.7 Å². The Bertz CT molecular complexity index is 861. The van der Waals surface area contributed by atoms with Gasteiger partial charge in [-0.3, -0.25) is 9.59 Å². The third-order valence-corrected chi connectivity index (χ3v) is 7.17. The van der Waals surface area contributed by atoms with E-state index in [1.807, 2.05) is 0 Å². The van der Waals surface area contributed by atoms with Crippen LogP contribution in [-0.2, 0) is 14.6 Å². The number of hydrogen-bond acceptors (Lipinski definition) is 6. The van der Waals surface area contributed by atoms with Crippen LogP contribution in [0, 0.1) is 5.92 Å². The maximum atomic E-state index is 12.7. The number of piperazine rings is 1. The lowest BCUT2D eigenvalue weighted by Gasteiger charge is -2.35. The van der Waals surface area contributed by atoms with Crippen LogP contribution in [0.15, 0.2) is 18.2 Å². The summed E-state index contributed by atoms with van der Waals surface area (Å²) in [6.07, 6.45) is 0.839. The number of nitrogens with zero attached hydrogens (tertiary/aromatic N) is 2.